The van der Waals surface area contributed by atoms with E-state index in [1.807, 2.05) is 0 Å². The minimum absolute atomic E-state index is 0.176. The second-order valence-corrected chi connectivity index (χ2v) is 8.64. The van der Waals surface area contributed by atoms with Gasteiger partial charge in [0.1, 0.15) is 5.60 Å². The Labute approximate surface area is 178 Å². The summed E-state index contributed by atoms with van der Waals surface area (Å²) in [4.78, 5) is 41.3. The quantitative estimate of drug-likeness (QED) is 0.341. The molecule has 2 N–H and O–H groups in total. The fourth-order valence-electron chi connectivity index (χ4n) is 3.60. The number of nitrogens with two attached hydrogens (primary N) is 1. The molecule has 1 fully saturated rings. The van der Waals surface area contributed by atoms with E-state index in [2.05, 4.69) is 4.98 Å². The smallest absolute Gasteiger partial charge is 0.411 e. The molecule has 2 aromatic rings. The van der Waals surface area contributed by atoms with E-state index in [-0.39, 0.29) is 18.5 Å². The van der Waals surface area contributed by atoms with Crippen LogP contribution in [0.5, 0.6) is 0 Å². The number of pyridine rings is 1. The molecule has 1 aromatic heterocycles. The number of benzene rings is 1. The molecule has 0 bridgehead atoms. The summed E-state index contributed by atoms with van der Waals surface area (Å²) in [7, 11) is 0. The van der Waals surface area contributed by atoms with Gasteiger partial charge in [0.05, 0.1) is 22.7 Å². The molecule has 3 rings (SSSR count). The number of carbonyl (C=O) groups excluding carboxylic acids is 2. The number of nitro groups is 1. The van der Waals surface area contributed by atoms with Crippen molar-refractivity contribution in [2.24, 2.45) is 5.73 Å². The van der Waals surface area contributed by atoms with Crippen LogP contribution in [0.4, 0.5) is 4.79 Å². The number of fused-ring (bicyclic) bond motifs is 1. The lowest BCUT2D eigenvalue weighted by Gasteiger charge is -2.38. The van der Waals surface area contributed by atoms with Crippen molar-refractivity contribution in [2.75, 3.05) is 6.54 Å². The van der Waals surface area contributed by atoms with E-state index < -0.39 is 40.0 Å². The van der Waals surface area contributed by atoms with Gasteiger partial charge in [0.25, 0.3) is 11.9 Å². The zero-order valence-electron chi connectivity index (χ0n) is 16.9. The zero-order chi connectivity index (χ0) is 22.2. The third-order valence-corrected chi connectivity index (χ3v) is 5.43. The first kappa shape index (κ1) is 21.8. The maximum absolute atomic E-state index is 12.5. The standard InChI is InChI=1S/C20H23ClN4O5/c1-20(2,3)30-19(27)24-10-9-12(16(17(24)21)25(28)29)14-8-7-11-5-4-6-13(18(22)26)15(11)23-14/h4-8,12,16-17H,9-10H2,1-3H3,(H2,22,26). The number of aromatic nitrogens is 1. The maximum Gasteiger partial charge on any atom is 0.411 e. The van der Waals surface area contributed by atoms with E-state index in [4.69, 9.17) is 22.1 Å². The number of likely N-dealkylation sites (tertiary alicyclic amines) is 1. The normalized spacial score (nSPS) is 22.0. The summed E-state index contributed by atoms with van der Waals surface area (Å²) in [6, 6.07) is 7.16. The van der Waals surface area contributed by atoms with Crippen molar-refractivity contribution in [1.82, 2.24) is 9.88 Å². The first-order chi connectivity index (χ1) is 14.0. The fourth-order valence-corrected chi connectivity index (χ4v) is 4.04. The topological polar surface area (TPSA) is 129 Å². The van der Waals surface area contributed by atoms with Crippen molar-refractivity contribution in [2.45, 2.75) is 50.3 Å². The number of hydrogen-bond acceptors (Lipinski definition) is 6. The van der Waals surface area contributed by atoms with Crippen molar-refractivity contribution >= 4 is 34.5 Å². The number of halogens is 1. The van der Waals surface area contributed by atoms with E-state index in [0.717, 1.165) is 0 Å². The molecule has 10 heteroatoms. The molecule has 0 saturated carbocycles. The molecule has 1 aliphatic rings. The van der Waals surface area contributed by atoms with Crippen LogP contribution in [0.3, 0.4) is 0 Å². The number of piperidine rings is 1. The summed E-state index contributed by atoms with van der Waals surface area (Å²) in [5.74, 6) is -1.28. The lowest BCUT2D eigenvalue weighted by molar-refractivity contribution is -0.532. The monoisotopic (exact) mass is 434 g/mol. The second kappa shape index (κ2) is 8.06. The lowest BCUT2D eigenvalue weighted by Crippen LogP contribution is -2.55. The van der Waals surface area contributed by atoms with E-state index in [1.165, 1.54) is 4.90 Å². The first-order valence-electron chi connectivity index (χ1n) is 9.46. The highest BCUT2D eigenvalue weighted by Crippen LogP contribution is 2.36. The van der Waals surface area contributed by atoms with Crippen LogP contribution in [-0.2, 0) is 4.74 Å². The molecule has 30 heavy (non-hydrogen) atoms. The first-order valence-corrected chi connectivity index (χ1v) is 9.90. The minimum atomic E-state index is -1.29. The molecule has 2 heterocycles. The number of para-hydroxylation sites is 1. The molecule has 160 valence electrons. The summed E-state index contributed by atoms with van der Waals surface area (Å²) < 4.78 is 5.33. The van der Waals surface area contributed by atoms with Crippen LogP contribution in [0.25, 0.3) is 10.9 Å². The SMILES string of the molecule is CC(C)(C)OC(=O)N1CCC(c2ccc3cccc(C(N)=O)c3n2)C([N+](=O)[O-])C1Cl. The number of rotatable bonds is 3. The highest BCUT2D eigenvalue weighted by molar-refractivity contribution is 6.21. The predicted molar refractivity (Wildman–Crippen MR) is 111 cm³/mol. The Kier molecular flexibility index (Phi) is 5.85. The van der Waals surface area contributed by atoms with Gasteiger partial charge in [0.2, 0.25) is 0 Å². The lowest BCUT2D eigenvalue weighted by atomic mass is 9.88. The Morgan fingerprint density at radius 3 is 2.60 bits per heavy atom. The molecule has 9 nitrogen and oxygen atoms in total. The largest absolute Gasteiger partial charge is 0.444 e. The molecule has 0 spiro atoms. The summed E-state index contributed by atoms with van der Waals surface area (Å²) >= 11 is 6.39. The Balaban J connectivity index is 1.97. The van der Waals surface area contributed by atoms with E-state index in [9.17, 15) is 19.7 Å². The van der Waals surface area contributed by atoms with Gasteiger partial charge < -0.3 is 10.5 Å². The Hall–Kier alpha value is -2.94. The Bertz CT molecular complexity index is 1010. The van der Waals surface area contributed by atoms with Gasteiger partial charge in [0, 0.05) is 16.9 Å². The van der Waals surface area contributed by atoms with Gasteiger partial charge in [-0.05, 0) is 39.3 Å². The third-order valence-electron chi connectivity index (χ3n) is 4.93. The molecule has 1 saturated heterocycles. The molecule has 3 unspecified atom stereocenters. The van der Waals surface area contributed by atoms with Gasteiger partial charge in [-0.25, -0.2) is 4.79 Å². The average Bonchev–Trinajstić information content (AvgIpc) is 2.64. The molecular formula is C20H23ClN4O5. The minimum Gasteiger partial charge on any atom is -0.444 e. The molecule has 1 aliphatic heterocycles. The number of hydrogen-bond donors (Lipinski definition) is 1. The number of ether oxygens (including phenoxy) is 1. The van der Waals surface area contributed by atoms with Crippen molar-refractivity contribution in [3.63, 3.8) is 0 Å². The van der Waals surface area contributed by atoms with E-state index in [1.54, 1.807) is 51.1 Å². The molecule has 1 aromatic carbocycles. The van der Waals surface area contributed by atoms with Gasteiger partial charge in [-0.3, -0.25) is 24.8 Å². The van der Waals surface area contributed by atoms with Crippen molar-refractivity contribution in [3.05, 3.63) is 51.7 Å². The molecule has 3 atom stereocenters. The number of primary amides is 1. The van der Waals surface area contributed by atoms with Crippen LogP contribution in [-0.4, -0.2) is 50.5 Å². The summed E-state index contributed by atoms with van der Waals surface area (Å²) in [6.07, 6.45) is -0.430. The van der Waals surface area contributed by atoms with Crippen molar-refractivity contribution < 1.29 is 19.2 Å². The highest BCUT2D eigenvalue weighted by atomic mass is 35.5. The van der Waals surface area contributed by atoms with E-state index >= 15 is 0 Å². The fraction of sp³-hybridized carbons (Fsp3) is 0.450. The van der Waals surface area contributed by atoms with Gasteiger partial charge in [-0.1, -0.05) is 29.8 Å². The van der Waals surface area contributed by atoms with Crippen LogP contribution >= 0.6 is 11.6 Å². The molecule has 2 amide bonds. The average molecular weight is 435 g/mol. The summed E-state index contributed by atoms with van der Waals surface area (Å²) in [5.41, 5.74) is 4.52. The number of alkyl halides is 1. The Morgan fingerprint density at radius 1 is 1.30 bits per heavy atom. The summed E-state index contributed by atoms with van der Waals surface area (Å²) in [6.45, 7) is 5.30. The van der Waals surface area contributed by atoms with Gasteiger partial charge >= 0.3 is 6.09 Å². The Morgan fingerprint density at radius 2 is 2.00 bits per heavy atom. The number of amides is 2. The molecule has 0 aliphatic carbocycles. The molecular weight excluding hydrogens is 412 g/mol. The van der Waals surface area contributed by atoms with Crippen LogP contribution in [0.1, 0.15) is 49.2 Å². The maximum atomic E-state index is 12.5. The van der Waals surface area contributed by atoms with Crippen LogP contribution in [0.15, 0.2) is 30.3 Å². The van der Waals surface area contributed by atoms with E-state index in [0.29, 0.717) is 16.6 Å². The third kappa shape index (κ3) is 4.30. The second-order valence-electron chi connectivity index (χ2n) is 8.20. The molecule has 0 radical (unpaired) electrons. The van der Waals surface area contributed by atoms with Crippen LogP contribution in [0, 0.1) is 10.1 Å². The predicted octanol–water partition coefficient (Wildman–Crippen LogP) is 3.27. The van der Waals surface area contributed by atoms with Crippen LogP contribution < -0.4 is 5.73 Å². The number of nitrogens with zero attached hydrogens (tertiary/aromatic N) is 3. The summed E-state index contributed by atoms with van der Waals surface area (Å²) in [5, 5.41) is 12.6. The van der Waals surface area contributed by atoms with Gasteiger partial charge in [-0.15, -0.1) is 0 Å². The highest BCUT2D eigenvalue weighted by Gasteiger charge is 2.49. The zero-order valence-corrected chi connectivity index (χ0v) is 17.6. The number of carbonyl (C=O) groups is 2. The van der Waals surface area contributed by atoms with Gasteiger partial charge in [0.15, 0.2) is 5.50 Å². The van der Waals surface area contributed by atoms with Crippen molar-refractivity contribution in [1.29, 1.82) is 0 Å². The van der Waals surface area contributed by atoms with Crippen LogP contribution in [0.2, 0.25) is 0 Å². The van der Waals surface area contributed by atoms with Crippen molar-refractivity contribution in [3.8, 4) is 0 Å². The van der Waals surface area contributed by atoms with Gasteiger partial charge in [-0.2, -0.15) is 0 Å².